The quantitative estimate of drug-likeness (QED) is 0.783. The number of likely N-dealkylation sites (tertiary alicyclic amines) is 1. The minimum absolute atomic E-state index is 0.290. The highest BCUT2D eigenvalue weighted by Crippen LogP contribution is 2.29. The standard InChI is InChI=1S/C19H24Cl2N2O/c1-2-19(24)22-12-15-6-3-7-16(13-22)23(15)10-4-5-14-8-9-17(20)18(21)11-14/h4-5,8-9,11,15-16H,2-3,6-7,10,12-13H2,1H3/b5-4+. The number of fused-ring (bicyclic) bond motifs is 2. The second-order valence-electron chi connectivity index (χ2n) is 6.66. The van der Waals surface area contributed by atoms with Crippen LogP contribution in [0.2, 0.25) is 10.0 Å². The molecular weight excluding hydrogens is 343 g/mol. The Morgan fingerprint density at radius 3 is 2.54 bits per heavy atom. The molecule has 2 atom stereocenters. The van der Waals surface area contributed by atoms with Gasteiger partial charge in [0.1, 0.15) is 0 Å². The van der Waals surface area contributed by atoms with Crippen LogP contribution in [0, 0.1) is 0 Å². The van der Waals surface area contributed by atoms with Crippen molar-refractivity contribution in [2.75, 3.05) is 19.6 Å². The van der Waals surface area contributed by atoms with E-state index >= 15 is 0 Å². The summed E-state index contributed by atoms with van der Waals surface area (Å²) in [6, 6.07) is 6.67. The molecule has 24 heavy (non-hydrogen) atoms. The predicted octanol–water partition coefficient (Wildman–Crippen LogP) is 4.48. The molecule has 0 aromatic heterocycles. The summed E-state index contributed by atoms with van der Waals surface area (Å²) in [5.74, 6) is 0.290. The van der Waals surface area contributed by atoms with Gasteiger partial charge < -0.3 is 4.90 Å². The van der Waals surface area contributed by atoms with E-state index in [-0.39, 0.29) is 5.91 Å². The fourth-order valence-corrected chi connectivity index (χ4v) is 4.15. The van der Waals surface area contributed by atoms with E-state index in [1.54, 1.807) is 0 Å². The smallest absolute Gasteiger partial charge is 0.222 e. The molecule has 2 fully saturated rings. The lowest BCUT2D eigenvalue weighted by Gasteiger charge is -2.50. The number of hydrogen-bond donors (Lipinski definition) is 0. The maximum absolute atomic E-state index is 12.0. The summed E-state index contributed by atoms with van der Waals surface area (Å²) in [4.78, 5) is 16.7. The lowest BCUT2D eigenvalue weighted by atomic mass is 9.91. The van der Waals surface area contributed by atoms with E-state index in [2.05, 4.69) is 22.0 Å². The number of rotatable bonds is 4. The Balaban J connectivity index is 1.63. The number of piperazine rings is 1. The van der Waals surface area contributed by atoms with Crippen LogP contribution in [0.3, 0.4) is 0 Å². The first-order valence-electron chi connectivity index (χ1n) is 8.73. The lowest BCUT2D eigenvalue weighted by molar-refractivity contribution is -0.136. The highest BCUT2D eigenvalue weighted by Gasteiger charge is 2.37. The molecule has 2 heterocycles. The molecule has 0 aliphatic carbocycles. The van der Waals surface area contributed by atoms with Crippen LogP contribution in [0.5, 0.6) is 0 Å². The molecule has 2 aliphatic rings. The lowest BCUT2D eigenvalue weighted by Crippen LogP contribution is -2.61. The SMILES string of the molecule is CCC(=O)N1CC2CCCC(C1)N2C/C=C/c1ccc(Cl)c(Cl)c1. The Morgan fingerprint density at radius 2 is 1.92 bits per heavy atom. The van der Waals surface area contributed by atoms with Gasteiger partial charge in [-0.05, 0) is 30.5 Å². The Morgan fingerprint density at radius 1 is 1.21 bits per heavy atom. The van der Waals surface area contributed by atoms with Gasteiger partial charge in [-0.3, -0.25) is 9.69 Å². The average Bonchev–Trinajstić information content (AvgIpc) is 2.57. The summed E-state index contributed by atoms with van der Waals surface area (Å²) >= 11 is 12.0. The Kier molecular flexibility index (Phi) is 5.85. The van der Waals surface area contributed by atoms with Crippen LogP contribution < -0.4 is 0 Å². The first kappa shape index (κ1) is 17.8. The minimum Gasteiger partial charge on any atom is -0.340 e. The number of piperidine rings is 1. The first-order chi connectivity index (χ1) is 11.6. The minimum atomic E-state index is 0.290. The number of amides is 1. The molecule has 1 aromatic carbocycles. The number of carbonyl (C=O) groups is 1. The summed E-state index contributed by atoms with van der Waals surface area (Å²) in [7, 11) is 0. The van der Waals surface area contributed by atoms with Crippen molar-refractivity contribution < 1.29 is 4.79 Å². The molecule has 3 nitrogen and oxygen atoms in total. The van der Waals surface area contributed by atoms with Gasteiger partial charge >= 0.3 is 0 Å². The normalized spacial score (nSPS) is 24.5. The molecule has 2 bridgehead atoms. The third kappa shape index (κ3) is 3.96. The zero-order valence-electron chi connectivity index (χ0n) is 14.0. The largest absolute Gasteiger partial charge is 0.340 e. The van der Waals surface area contributed by atoms with Gasteiger partial charge in [0.2, 0.25) is 5.91 Å². The molecule has 0 N–H and O–H groups in total. The third-order valence-electron chi connectivity index (χ3n) is 5.10. The van der Waals surface area contributed by atoms with Crippen LogP contribution in [0.4, 0.5) is 0 Å². The number of hydrogen-bond acceptors (Lipinski definition) is 2. The molecule has 5 heteroatoms. The highest BCUT2D eigenvalue weighted by molar-refractivity contribution is 6.42. The van der Waals surface area contributed by atoms with E-state index < -0.39 is 0 Å². The summed E-state index contributed by atoms with van der Waals surface area (Å²) in [5.41, 5.74) is 1.06. The second kappa shape index (κ2) is 7.90. The topological polar surface area (TPSA) is 23.6 Å². The van der Waals surface area contributed by atoms with Crippen LogP contribution >= 0.6 is 23.2 Å². The van der Waals surface area contributed by atoms with Gasteiger partial charge in [0, 0.05) is 38.1 Å². The van der Waals surface area contributed by atoms with Crippen molar-refractivity contribution in [2.24, 2.45) is 0 Å². The van der Waals surface area contributed by atoms with Crippen LogP contribution in [0.1, 0.15) is 38.2 Å². The van der Waals surface area contributed by atoms with Crippen molar-refractivity contribution in [3.05, 3.63) is 39.9 Å². The van der Waals surface area contributed by atoms with Gasteiger partial charge in [0.25, 0.3) is 0 Å². The van der Waals surface area contributed by atoms with Crippen molar-refractivity contribution in [1.82, 2.24) is 9.80 Å². The van der Waals surface area contributed by atoms with Gasteiger partial charge in [-0.15, -0.1) is 0 Å². The average molecular weight is 367 g/mol. The molecule has 0 radical (unpaired) electrons. The van der Waals surface area contributed by atoms with Crippen molar-refractivity contribution in [2.45, 2.75) is 44.7 Å². The summed E-state index contributed by atoms with van der Waals surface area (Å²) in [5, 5.41) is 1.17. The predicted molar refractivity (Wildman–Crippen MR) is 101 cm³/mol. The molecule has 1 aromatic rings. The maximum Gasteiger partial charge on any atom is 0.222 e. The van der Waals surface area contributed by atoms with Crippen molar-refractivity contribution in [1.29, 1.82) is 0 Å². The third-order valence-corrected chi connectivity index (χ3v) is 5.84. The van der Waals surface area contributed by atoms with Gasteiger partial charge in [-0.25, -0.2) is 0 Å². The monoisotopic (exact) mass is 366 g/mol. The van der Waals surface area contributed by atoms with Crippen molar-refractivity contribution >= 4 is 35.2 Å². The number of halogens is 2. The fraction of sp³-hybridized carbons (Fsp3) is 0.526. The van der Waals surface area contributed by atoms with Gasteiger partial charge in [-0.2, -0.15) is 0 Å². The Bertz CT molecular complexity index is 618. The van der Waals surface area contributed by atoms with E-state index in [9.17, 15) is 4.79 Å². The highest BCUT2D eigenvalue weighted by atomic mass is 35.5. The van der Waals surface area contributed by atoms with E-state index in [1.807, 2.05) is 25.1 Å². The summed E-state index contributed by atoms with van der Waals surface area (Å²) in [6.07, 6.45) is 8.55. The van der Waals surface area contributed by atoms with Crippen molar-refractivity contribution in [3.8, 4) is 0 Å². The number of benzene rings is 1. The zero-order valence-corrected chi connectivity index (χ0v) is 15.6. The molecule has 2 aliphatic heterocycles. The van der Waals surface area contributed by atoms with Crippen LogP contribution in [-0.4, -0.2) is 47.4 Å². The number of carbonyl (C=O) groups excluding carboxylic acids is 1. The molecular formula is C19H24Cl2N2O. The van der Waals surface area contributed by atoms with E-state index in [4.69, 9.17) is 23.2 Å². The maximum atomic E-state index is 12.0. The fourth-order valence-electron chi connectivity index (χ4n) is 3.85. The molecule has 1 amide bonds. The van der Waals surface area contributed by atoms with Gasteiger partial charge in [-0.1, -0.05) is 54.8 Å². The molecule has 0 spiro atoms. The second-order valence-corrected chi connectivity index (χ2v) is 7.48. The van der Waals surface area contributed by atoms with Gasteiger partial charge in [0.05, 0.1) is 10.0 Å². The van der Waals surface area contributed by atoms with Crippen LogP contribution in [-0.2, 0) is 4.79 Å². The van der Waals surface area contributed by atoms with E-state index in [1.165, 1.54) is 19.3 Å². The number of nitrogens with zero attached hydrogens (tertiary/aromatic N) is 2. The molecule has 0 saturated carbocycles. The zero-order chi connectivity index (χ0) is 17.1. The summed E-state index contributed by atoms with van der Waals surface area (Å²) < 4.78 is 0. The van der Waals surface area contributed by atoms with Crippen LogP contribution in [0.15, 0.2) is 24.3 Å². The van der Waals surface area contributed by atoms with E-state index in [0.717, 1.165) is 25.2 Å². The molecule has 2 unspecified atom stereocenters. The van der Waals surface area contributed by atoms with Crippen LogP contribution in [0.25, 0.3) is 6.08 Å². The van der Waals surface area contributed by atoms with E-state index in [0.29, 0.717) is 28.5 Å². The Labute approximate surface area is 154 Å². The van der Waals surface area contributed by atoms with Crippen molar-refractivity contribution in [3.63, 3.8) is 0 Å². The Hall–Kier alpha value is -1.03. The summed E-state index contributed by atoms with van der Waals surface area (Å²) in [6.45, 7) is 4.63. The molecule has 130 valence electrons. The molecule has 2 saturated heterocycles. The van der Waals surface area contributed by atoms with Gasteiger partial charge in [0.15, 0.2) is 0 Å². The molecule has 3 rings (SSSR count). The first-order valence-corrected chi connectivity index (χ1v) is 9.49.